The van der Waals surface area contributed by atoms with Crippen molar-refractivity contribution in [3.63, 3.8) is 0 Å². The predicted octanol–water partition coefficient (Wildman–Crippen LogP) is 5.31. The summed E-state index contributed by atoms with van der Waals surface area (Å²) in [4.78, 5) is 37.3. The second-order valence-electron chi connectivity index (χ2n) is 7.60. The van der Waals surface area contributed by atoms with Crippen LogP contribution in [0.3, 0.4) is 0 Å². The molecule has 0 heterocycles. The van der Waals surface area contributed by atoms with Crippen molar-refractivity contribution < 1.29 is 23.9 Å². The SMILES string of the molecule is CC(=O)SC(C(=O)Nc1cccc(C(=O)OCCOc2ccccc2)c1)C(C)c1ccccc1. The topological polar surface area (TPSA) is 81.7 Å². The Morgan fingerprint density at radius 1 is 0.882 bits per heavy atom. The lowest BCUT2D eigenvalue weighted by Crippen LogP contribution is -2.30. The average molecular weight is 478 g/mol. The number of hydrogen-bond acceptors (Lipinski definition) is 6. The summed E-state index contributed by atoms with van der Waals surface area (Å²) >= 11 is 0.996. The molecule has 2 atom stereocenters. The van der Waals surface area contributed by atoms with Gasteiger partial charge >= 0.3 is 5.97 Å². The minimum absolute atomic E-state index is 0.0935. The number of ether oxygens (including phenoxy) is 2. The van der Waals surface area contributed by atoms with Gasteiger partial charge in [-0.25, -0.2) is 4.79 Å². The highest BCUT2D eigenvalue weighted by atomic mass is 32.2. The fourth-order valence-electron chi connectivity index (χ4n) is 3.32. The number of carbonyl (C=O) groups excluding carboxylic acids is 3. The number of benzene rings is 3. The standard InChI is InChI=1S/C27H27NO5S/c1-19(21-10-5-3-6-11-21)25(34-20(2)29)26(30)28-23-13-9-12-22(18-23)27(31)33-17-16-32-24-14-7-4-8-15-24/h3-15,18-19,25H,16-17H2,1-2H3,(H,28,30). The molecule has 0 fully saturated rings. The van der Waals surface area contributed by atoms with Crippen LogP contribution in [0.5, 0.6) is 5.75 Å². The maximum absolute atomic E-state index is 13.1. The van der Waals surface area contributed by atoms with E-state index >= 15 is 0 Å². The number of carbonyl (C=O) groups is 3. The number of para-hydroxylation sites is 1. The molecular formula is C27H27NO5S. The molecule has 0 spiro atoms. The summed E-state index contributed by atoms with van der Waals surface area (Å²) < 4.78 is 10.8. The van der Waals surface area contributed by atoms with Crippen LogP contribution in [0.15, 0.2) is 84.9 Å². The third-order valence-electron chi connectivity index (χ3n) is 5.03. The number of nitrogens with one attached hydrogen (secondary N) is 1. The summed E-state index contributed by atoms with van der Waals surface area (Å²) in [6.07, 6.45) is 0. The van der Waals surface area contributed by atoms with E-state index in [1.54, 1.807) is 24.3 Å². The quantitative estimate of drug-likeness (QED) is 0.315. The molecule has 2 unspecified atom stereocenters. The van der Waals surface area contributed by atoms with Crippen LogP contribution in [-0.2, 0) is 14.3 Å². The first-order chi connectivity index (χ1) is 16.4. The molecule has 3 rings (SSSR count). The molecule has 0 radical (unpaired) electrons. The van der Waals surface area contributed by atoms with Gasteiger partial charge in [0, 0.05) is 18.5 Å². The summed E-state index contributed by atoms with van der Waals surface area (Å²) in [5, 5.41) is 2.08. The van der Waals surface area contributed by atoms with Crippen LogP contribution in [0.4, 0.5) is 5.69 Å². The Bertz CT molecular complexity index is 1100. The Hall–Kier alpha value is -3.58. The zero-order valence-electron chi connectivity index (χ0n) is 19.1. The molecule has 0 bridgehead atoms. The fraction of sp³-hybridized carbons (Fsp3) is 0.222. The largest absolute Gasteiger partial charge is 0.490 e. The Kier molecular flexibility index (Phi) is 9.29. The minimum Gasteiger partial charge on any atom is -0.490 e. The molecule has 3 aromatic rings. The van der Waals surface area contributed by atoms with E-state index in [2.05, 4.69) is 5.32 Å². The first-order valence-electron chi connectivity index (χ1n) is 10.9. The van der Waals surface area contributed by atoms with E-state index in [0.29, 0.717) is 17.0 Å². The Morgan fingerprint density at radius 2 is 1.56 bits per heavy atom. The second-order valence-corrected chi connectivity index (χ2v) is 8.92. The van der Waals surface area contributed by atoms with Gasteiger partial charge in [-0.1, -0.05) is 73.3 Å². The highest BCUT2D eigenvalue weighted by Crippen LogP contribution is 2.30. The molecule has 0 saturated carbocycles. The van der Waals surface area contributed by atoms with Crippen molar-refractivity contribution in [2.45, 2.75) is 25.0 Å². The average Bonchev–Trinajstić information content (AvgIpc) is 2.86. The Balaban J connectivity index is 1.60. The van der Waals surface area contributed by atoms with E-state index in [-0.39, 0.29) is 30.2 Å². The number of thioether (sulfide) groups is 1. The molecule has 0 saturated heterocycles. The number of esters is 1. The summed E-state index contributed by atoms with van der Waals surface area (Å²) in [5.41, 5.74) is 1.73. The minimum atomic E-state index is -0.620. The molecular weight excluding hydrogens is 450 g/mol. The lowest BCUT2D eigenvalue weighted by Gasteiger charge is -2.22. The summed E-state index contributed by atoms with van der Waals surface area (Å²) in [6.45, 7) is 3.69. The number of rotatable bonds is 10. The molecule has 0 aliphatic carbocycles. The Labute approximate surface area is 203 Å². The number of anilines is 1. The highest BCUT2D eigenvalue weighted by Gasteiger charge is 2.28. The fourth-order valence-corrected chi connectivity index (χ4v) is 4.21. The van der Waals surface area contributed by atoms with Gasteiger partial charge in [-0.15, -0.1) is 0 Å². The van der Waals surface area contributed by atoms with E-state index < -0.39 is 11.2 Å². The van der Waals surface area contributed by atoms with Crippen molar-refractivity contribution in [2.75, 3.05) is 18.5 Å². The van der Waals surface area contributed by atoms with Crippen LogP contribution in [0.2, 0.25) is 0 Å². The number of hydrogen-bond donors (Lipinski definition) is 1. The first-order valence-corrected chi connectivity index (χ1v) is 11.8. The van der Waals surface area contributed by atoms with Gasteiger partial charge in [-0.05, 0) is 35.9 Å². The Morgan fingerprint density at radius 3 is 2.24 bits per heavy atom. The smallest absolute Gasteiger partial charge is 0.338 e. The van der Waals surface area contributed by atoms with E-state index in [4.69, 9.17) is 9.47 Å². The summed E-state index contributed by atoms with van der Waals surface area (Å²) in [6, 6.07) is 25.4. The lowest BCUT2D eigenvalue weighted by molar-refractivity contribution is -0.116. The van der Waals surface area contributed by atoms with Crippen LogP contribution in [0.1, 0.15) is 35.7 Å². The zero-order chi connectivity index (χ0) is 24.3. The first kappa shape index (κ1) is 25.1. The van der Waals surface area contributed by atoms with Gasteiger partial charge in [0.25, 0.3) is 0 Å². The molecule has 34 heavy (non-hydrogen) atoms. The van der Waals surface area contributed by atoms with Gasteiger partial charge in [0.1, 0.15) is 19.0 Å². The van der Waals surface area contributed by atoms with Crippen LogP contribution < -0.4 is 10.1 Å². The zero-order valence-corrected chi connectivity index (χ0v) is 19.9. The molecule has 7 heteroatoms. The second kappa shape index (κ2) is 12.6. The molecule has 0 aromatic heterocycles. The van der Waals surface area contributed by atoms with E-state index in [9.17, 15) is 14.4 Å². The monoisotopic (exact) mass is 477 g/mol. The van der Waals surface area contributed by atoms with Gasteiger partial charge in [-0.2, -0.15) is 0 Å². The molecule has 6 nitrogen and oxygen atoms in total. The normalized spacial score (nSPS) is 12.3. The molecule has 1 amide bonds. The van der Waals surface area contributed by atoms with Crippen molar-refractivity contribution in [2.24, 2.45) is 0 Å². The third-order valence-corrected chi connectivity index (χ3v) is 6.23. The van der Waals surface area contributed by atoms with Gasteiger partial charge in [-0.3, -0.25) is 9.59 Å². The van der Waals surface area contributed by atoms with Crippen molar-refractivity contribution >= 4 is 34.4 Å². The summed E-state index contributed by atoms with van der Waals surface area (Å²) in [7, 11) is 0. The maximum Gasteiger partial charge on any atom is 0.338 e. The third kappa shape index (κ3) is 7.49. The van der Waals surface area contributed by atoms with E-state index in [1.165, 1.54) is 6.92 Å². The van der Waals surface area contributed by atoms with Crippen molar-refractivity contribution in [1.29, 1.82) is 0 Å². The van der Waals surface area contributed by atoms with Crippen LogP contribution >= 0.6 is 11.8 Å². The van der Waals surface area contributed by atoms with Crippen LogP contribution in [0.25, 0.3) is 0 Å². The number of amides is 1. The highest BCUT2D eigenvalue weighted by molar-refractivity contribution is 8.14. The molecule has 0 aliphatic rings. The van der Waals surface area contributed by atoms with Crippen molar-refractivity contribution in [1.82, 2.24) is 0 Å². The van der Waals surface area contributed by atoms with Crippen LogP contribution in [0, 0.1) is 0 Å². The van der Waals surface area contributed by atoms with Gasteiger partial charge in [0.2, 0.25) is 5.91 Å². The molecule has 1 N–H and O–H groups in total. The lowest BCUT2D eigenvalue weighted by atomic mass is 9.97. The van der Waals surface area contributed by atoms with Crippen molar-refractivity contribution in [3.05, 3.63) is 96.1 Å². The summed E-state index contributed by atoms with van der Waals surface area (Å²) in [5.74, 6) is -0.308. The van der Waals surface area contributed by atoms with Gasteiger partial charge in [0.05, 0.1) is 10.8 Å². The molecule has 0 aliphatic heterocycles. The van der Waals surface area contributed by atoms with Crippen LogP contribution in [-0.4, -0.2) is 35.5 Å². The molecule has 3 aromatic carbocycles. The maximum atomic E-state index is 13.1. The molecule has 176 valence electrons. The van der Waals surface area contributed by atoms with Crippen molar-refractivity contribution in [3.8, 4) is 5.75 Å². The predicted molar refractivity (Wildman–Crippen MR) is 134 cm³/mol. The van der Waals surface area contributed by atoms with Gasteiger partial charge < -0.3 is 14.8 Å². The van der Waals surface area contributed by atoms with E-state index in [0.717, 1.165) is 17.3 Å². The van der Waals surface area contributed by atoms with E-state index in [1.807, 2.05) is 67.6 Å². The van der Waals surface area contributed by atoms with Gasteiger partial charge in [0.15, 0.2) is 5.12 Å².